The zero-order valence-corrected chi connectivity index (χ0v) is 9.88. The number of benzene rings is 1. The molecule has 3 heteroatoms. The minimum absolute atomic E-state index is 0.660. The molecule has 82 valence electrons. The van der Waals surface area contributed by atoms with Gasteiger partial charge in [-0.15, -0.1) is 0 Å². The van der Waals surface area contributed by atoms with Crippen LogP contribution >= 0.6 is 11.8 Å². The van der Waals surface area contributed by atoms with Crippen LogP contribution in [0.15, 0.2) is 30.3 Å². The molecule has 0 aromatic heterocycles. The smallest absolute Gasteiger partial charge is 0.313 e. The molecule has 0 fully saturated rings. The largest absolute Gasteiger partial charge is 0.481 e. The lowest BCUT2D eigenvalue weighted by atomic mass is 9.80. The van der Waals surface area contributed by atoms with Gasteiger partial charge in [0, 0.05) is 0 Å². The van der Waals surface area contributed by atoms with E-state index in [0.717, 1.165) is 11.3 Å². The highest BCUT2D eigenvalue weighted by Gasteiger charge is 2.34. The maximum Gasteiger partial charge on any atom is 0.313 e. The van der Waals surface area contributed by atoms with Crippen LogP contribution in [0.25, 0.3) is 0 Å². The summed E-state index contributed by atoms with van der Waals surface area (Å²) in [5, 5.41) is 9.30. The molecule has 0 radical (unpaired) electrons. The van der Waals surface area contributed by atoms with Gasteiger partial charge in [0.25, 0.3) is 0 Å². The minimum Gasteiger partial charge on any atom is -0.481 e. The van der Waals surface area contributed by atoms with Gasteiger partial charge in [0.15, 0.2) is 0 Å². The van der Waals surface area contributed by atoms with E-state index in [-0.39, 0.29) is 0 Å². The van der Waals surface area contributed by atoms with Crippen LogP contribution in [0, 0.1) is 0 Å². The van der Waals surface area contributed by atoms with Crippen molar-refractivity contribution in [1.82, 2.24) is 0 Å². The molecule has 0 saturated heterocycles. The van der Waals surface area contributed by atoms with Crippen molar-refractivity contribution in [2.45, 2.75) is 18.8 Å². The SMILES string of the molecule is CSCCC(C)(C(=O)O)c1ccccc1. The highest BCUT2D eigenvalue weighted by atomic mass is 32.2. The number of hydrogen-bond donors (Lipinski definition) is 1. The average molecular weight is 224 g/mol. The van der Waals surface area contributed by atoms with Crippen molar-refractivity contribution in [3.63, 3.8) is 0 Å². The van der Waals surface area contributed by atoms with Crippen molar-refractivity contribution >= 4 is 17.7 Å². The first-order valence-electron chi connectivity index (χ1n) is 4.89. The maximum atomic E-state index is 11.3. The van der Waals surface area contributed by atoms with Gasteiger partial charge >= 0.3 is 5.97 Å². The summed E-state index contributed by atoms with van der Waals surface area (Å²) in [5.74, 6) is 0.111. The number of carbonyl (C=O) groups is 1. The third-order valence-electron chi connectivity index (χ3n) is 2.69. The molecule has 0 aliphatic heterocycles. The van der Waals surface area contributed by atoms with Crippen LogP contribution in [-0.2, 0) is 10.2 Å². The fourth-order valence-electron chi connectivity index (χ4n) is 1.49. The topological polar surface area (TPSA) is 37.3 Å². The standard InChI is InChI=1S/C12H16O2S/c1-12(11(13)14,8-9-15-2)10-6-4-3-5-7-10/h3-7H,8-9H2,1-2H3,(H,13,14). The third kappa shape index (κ3) is 2.75. The molecule has 0 heterocycles. The van der Waals surface area contributed by atoms with Gasteiger partial charge in [-0.2, -0.15) is 11.8 Å². The number of carboxylic acid groups (broad SMARTS) is 1. The lowest BCUT2D eigenvalue weighted by molar-refractivity contribution is -0.143. The van der Waals surface area contributed by atoms with Gasteiger partial charge in [-0.3, -0.25) is 4.79 Å². The summed E-state index contributed by atoms with van der Waals surface area (Å²) < 4.78 is 0. The van der Waals surface area contributed by atoms with E-state index in [1.54, 1.807) is 18.7 Å². The molecule has 0 spiro atoms. The number of rotatable bonds is 5. The molecule has 1 aromatic carbocycles. The van der Waals surface area contributed by atoms with Crippen molar-refractivity contribution in [2.24, 2.45) is 0 Å². The van der Waals surface area contributed by atoms with Crippen LogP contribution in [0.3, 0.4) is 0 Å². The normalized spacial score (nSPS) is 14.5. The van der Waals surface area contributed by atoms with E-state index in [2.05, 4.69) is 0 Å². The van der Waals surface area contributed by atoms with Gasteiger partial charge < -0.3 is 5.11 Å². The number of hydrogen-bond acceptors (Lipinski definition) is 2. The Morgan fingerprint density at radius 3 is 2.47 bits per heavy atom. The summed E-state index contributed by atoms with van der Waals surface area (Å²) in [7, 11) is 0. The van der Waals surface area contributed by atoms with Crippen LogP contribution in [0.1, 0.15) is 18.9 Å². The van der Waals surface area contributed by atoms with Crippen LogP contribution in [-0.4, -0.2) is 23.1 Å². The molecule has 0 amide bonds. The Morgan fingerprint density at radius 2 is 2.00 bits per heavy atom. The van der Waals surface area contributed by atoms with Crippen LogP contribution in [0.4, 0.5) is 0 Å². The van der Waals surface area contributed by atoms with E-state index in [1.165, 1.54) is 0 Å². The van der Waals surface area contributed by atoms with E-state index in [4.69, 9.17) is 0 Å². The van der Waals surface area contributed by atoms with Crippen molar-refractivity contribution in [3.05, 3.63) is 35.9 Å². The highest BCUT2D eigenvalue weighted by Crippen LogP contribution is 2.29. The second-order valence-corrected chi connectivity index (χ2v) is 4.73. The Balaban J connectivity index is 2.96. The summed E-state index contributed by atoms with van der Waals surface area (Å²) in [5.41, 5.74) is 0.121. The Kier molecular flexibility index (Phi) is 4.21. The molecule has 1 aromatic rings. The second-order valence-electron chi connectivity index (χ2n) is 3.75. The second kappa shape index (κ2) is 5.21. The molecular formula is C12H16O2S. The first-order chi connectivity index (χ1) is 7.11. The lowest BCUT2D eigenvalue weighted by Crippen LogP contribution is -2.33. The summed E-state index contributed by atoms with van der Waals surface area (Å²) in [6.45, 7) is 1.79. The Labute approximate surface area is 94.7 Å². The summed E-state index contributed by atoms with van der Waals surface area (Å²) in [4.78, 5) is 11.3. The van der Waals surface area contributed by atoms with Gasteiger partial charge in [-0.1, -0.05) is 30.3 Å². The fourth-order valence-corrected chi connectivity index (χ4v) is 2.10. The summed E-state index contributed by atoms with van der Waals surface area (Å²) in [6, 6.07) is 9.44. The molecule has 0 saturated carbocycles. The first-order valence-corrected chi connectivity index (χ1v) is 6.28. The molecule has 15 heavy (non-hydrogen) atoms. The summed E-state index contributed by atoms with van der Waals surface area (Å²) >= 11 is 1.68. The third-order valence-corrected chi connectivity index (χ3v) is 3.30. The minimum atomic E-state index is -0.760. The van der Waals surface area contributed by atoms with E-state index < -0.39 is 11.4 Å². The fraction of sp³-hybridized carbons (Fsp3) is 0.417. The Hall–Kier alpha value is -0.960. The van der Waals surface area contributed by atoms with E-state index in [9.17, 15) is 9.90 Å². The van der Waals surface area contributed by atoms with Gasteiger partial charge in [0.05, 0.1) is 5.41 Å². The van der Waals surface area contributed by atoms with Gasteiger partial charge in [0.2, 0.25) is 0 Å². The Morgan fingerprint density at radius 1 is 1.40 bits per heavy atom. The van der Waals surface area contributed by atoms with Crippen molar-refractivity contribution < 1.29 is 9.90 Å². The predicted octanol–water partition coefficient (Wildman–Crippen LogP) is 2.78. The molecule has 0 aliphatic carbocycles. The molecular weight excluding hydrogens is 208 g/mol. The van der Waals surface area contributed by atoms with E-state index in [1.807, 2.05) is 36.6 Å². The van der Waals surface area contributed by atoms with Crippen LogP contribution in [0.2, 0.25) is 0 Å². The van der Waals surface area contributed by atoms with Crippen LogP contribution in [0.5, 0.6) is 0 Å². The highest BCUT2D eigenvalue weighted by molar-refractivity contribution is 7.98. The predicted molar refractivity (Wildman–Crippen MR) is 64.4 cm³/mol. The lowest BCUT2D eigenvalue weighted by Gasteiger charge is -2.24. The first kappa shape index (κ1) is 12.1. The van der Waals surface area contributed by atoms with Gasteiger partial charge in [0.1, 0.15) is 0 Å². The molecule has 1 unspecified atom stereocenters. The number of aliphatic carboxylic acids is 1. The van der Waals surface area contributed by atoms with E-state index >= 15 is 0 Å². The Bertz CT molecular complexity index is 324. The molecule has 0 aliphatic rings. The van der Waals surface area contributed by atoms with Crippen molar-refractivity contribution in [2.75, 3.05) is 12.0 Å². The summed E-state index contributed by atoms with van der Waals surface area (Å²) in [6.07, 6.45) is 2.65. The number of carboxylic acids is 1. The quantitative estimate of drug-likeness (QED) is 0.835. The monoisotopic (exact) mass is 224 g/mol. The molecule has 1 N–H and O–H groups in total. The maximum absolute atomic E-state index is 11.3. The van der Waals surface area contributed by atoms with Crippen molar-refractivity contribution in [1.29, 1.82) is 0 Å². The van der Waals surface area contributed by atoms with Gasteiger partial charge in [-0.25, -0.2) is 0 Å². The molecule has 1 atom stereocenters. The van der Waals surface area contributed by atoms with Crippen molar-refractivity contribution in [3.8, 4) is 0 Å². The molecule has 0 bridgehead atoms. The van der Waals surface area contributed by atoms with E-state index in [0.29, 0.717) is 6.42 Å². The zero-order chi connectivity index (χ0) is 11.3. The van der Waals surface area contributed by atoms with Crippen LogP contribution < -0.4 is 0 Å². The number of thioether (sulfide) groups is 1. The average Bonchev–Trinajstić information content (AvgIpc) is 2.27. The van der Waals surface area contributed by atoms with Gasteiger partial charge in [-0.05, 0) is 30.9 Å². The molecule has 1 rings (SSSR count). The molecule has 2 nitrogen and oxygen atoms in total. The zero-order valence-electron chi connectivity index (χ0n) is 9.06.